The van der Waals surface area contributed by atoms with E-state index in [1.165, 1.54) is 37.2 Å². The molecule has 0 bridgehead atoms. The number of hydrogen-bond donors (Lipinski definition) is 1. The number of hydrogen-bond acceptors (Lipinski definition) is 3. The highest BCUT2D eigenvalue weighted by Crippen LogP contribution is 2.18. The van der Waals surface area contributed by atoms with E-state index in [1.807, 2.05) is 0 Å². The number of rotatable bonds is 5. The van der Waals surface area contributed by atoms with Crippen LogP contribution in [-0.2, 0) is 11.3 Å². The van der Waals surface area contributed by atoms with Gasteiger partial charge in [-0.15, -0.1) is 0 Å². The Morgan fingerprint density at radius 1 is 1.33 bits per heavy atom. The van der Waals surface area contributed by atoms with Crippen LogP contribution >= 0.6 is 0 Å². The average molecular weight is 248 g/mol. The van der Waals surface area contributed by atoms with E-state index in [-0.39, 0.29) is 0 Å². The van der Waals surface area contributed by atoms with E-state index in [2.05, 4.69) is 41.5 Å². The van der Waals surface area contributed by atoms with E-state index in [0.29, 0.717) is 6.61 Å². The summed E-state index contributed by atoms with van der Waals surface area (Å²) in [6, 6.07) is 8.50. The van der Waals surface area contributed by atoms with Crippen LogP contribution in [0.5, 0.6) is 0 Å². The molecule has 0 aliphatic carbocycles. The van der Waals surface area contributed by atoms with Gasteiger partial charge in [-0.05, 0) is 56.6 Å². The fraction of sp³-hybridized carbons (Fsp3) is 0.600. The van der Waals surface area contributed by atoms with Gasteiger partial charge in [0, 0.05) is 19.3 Å². The first-order valence-corrected chi connectivity index (χ1v) is 6.78. The Morgan fingerprint density at radius 2 is 2.11 bits per heavy atom. The minimum atomic E-state index is 0.684. The number of anilines is 1. The molecule has 18 heavy (non-hydrogen) atoms. The molecule has 100 valence electrons. The molecule has 1 aromatic carbocycles. The first-order chi connectivity index (χ1) is 8.78. The molecule has 0 aromatic heterocycles. The van der Waals surface area contributed by atoms with Crippen molar-refractivity contribution in [2.75, 3.05) is 39.1 Å². The summed E-state index contributed by atoms with van der Waals surface area (Å²) in [6.45, 7) is 4.24. The summed E-state index contributed by atoms with van der Waals surface area (Å²) < 4.78 is 5.16. The van der Waals surface area contributed by atoms with Crippen LogP contribution < -0.4 is 5.32 Å². The maximum atomic E-state index is 5.16. The van der Waals surface area contributed by atoms with Crippen LogP contribution in [0.25, 0.3) is 0 Å². The molecule has 3 heteroatoms. The second kappa shape index (κ2) is 6.76. The molecular weight excluding hydrogens is 224 g/mol. The molecule has 1 saturated heterocycles. The lowest BCUT2D eigenvalue weighted by Gasteiger charge is -2.29. The standard InChI is InChI=1S/C15H24N2O/c1-17-8-6-13(7-9-17)11-16-15-5-3-4-14(10-15)12-18-2/h3-5,10,13,16H,6-9,11-12H2,1-2H3. The third kappa shape index (κ3) is 4.00. The minimum Gasteiger partial charge on any atom is -0.385 e. The monoisotopic (exact) mass is 248 g/mol. The van der Waals surface area contributed by atoms with Crippen LogP contribution in [0.2, 0.25) is 0 Å². The van der Waals surface area contributed by atoms with Crippen LogP contribution in [0.15, 0.2) is 24.3 Å². The molecule has 0 spiro atoms. The van der Waals surface area contributed by atoms with Gasteiger partial charge in [-0.25, -0.2) is 0 Å². The molecule has 1 N–H and O–H groups in total. The van der Waals surface area contributed by atoms with Gasteiger partial charge in [-0.3, -0.25) is 0 Å². The van der Waals surface area contributed by atoms with Crippen LogP contribution in [0, 0.1) is 5.92 Å². The zero-order valence-electron chi connectivity index (χ0n) is 11.5. The third-order valence-electron chi connectivity index (χ3n) is 3.67. The highest BCUT2D eigenvalue weighted by Gasteiger charge is 2.15. The van der Waals surface area contributed by atoms with Crippen molar-refractivity contribution < 1.29 is 4.74 Å². The maximum Gasteiger partial charge on any atom is 0.0713 e. The van der Waals surface area contributed by atoms with Crippen molar-refractivity contribution in [1.29, 1.82) is 0 Å². The third-order valence-corrected chi connectivity index (χ3v) is 3.67. The molecule has 1 fully saturated rings. The highest BCUT2D eigenvalue weighted by molar-refractivity contribution is 5.45. The molecule has 1 heterocycles. The molecule has 0 amide bonds. The lowest BCUT2D eigenvalue weighted by Crippen LogP contribution is -2.32. The first kappa shape index (κ1) is 13.4. The van der Waals surface area contributed by atoms with Crippen molar-refractivity contribution in [2.24, 2.45) is 5.92 Å². The second-order valence-corrected chi connectivity index (χ2v) is 5.26. The molecule has 1 aliphatic rings. The number of ether oxygens (including phenoxy) is 1. The fourth-order valence-electron chi connectivity index (χ4n) is 2.47. The fourth-order valence-corrected chi connectivity index (χ4v) is 2.47. The summed E-state index contributed by atoms with van der Waals surface area (Å²) in [5, 5.41) is 3.55. The van der Waals surface area contributed by atoms with Crippen molar-refractivity contribution in [1.82, 2.24) is 4.90 Å². The topological polar surface area (TPSA) is 24.5 Å². The summed E-state index contributed by atoms with van der Waals surface area (Å²) in [7, 11) is 3.94. The molecule has 0 unspecified atom stereocenters. The summed E-state index contributed by atoms with van der Waals surface area (Å²) in [5.74, 6) is 0.812. The number of nitrogens with one attached hydrogen (secondary N) is 1. The minimum absolute atomic E-state index is 0.684. The Kier molecular flexibility index (Phi) is 5.02. The number of piperidine rings is 1. The highest BCUT2D eigenvalue weighted by atomic mass is 16.5. The van der Waals surface area contributed by atoms with Crippen molar-refractivity contribution in [2.45, 2.75) is 19.4 Å². The number of likely N-dealkylation sites (tertiary alicyclic amines) is 1. The van der Waals surface area contributed by atoms with E-state index in [0.717, 1.165) is 12.5 Å². The second-order valence-electron chi connectivity index (χ2n) is 5.26. The van der Waals surface area contributed by atoms with Crippen LogP contribution in [0.1, 0.15) is 18.4 Å². The Morgan fingerprint density at radius 3 is 2.83 bits per heavy atom. The Balaban J connectivity index is 1.80. The molecule has 0 radical (unpaired) electrons. The van der Waals surface area contributed by atoms with Gasteiger partial charge in [0.05, 0.1) is 6.61 Å². The molecule has 1 aromatic rings. The smallest absolute Gasteiger partial charge is 0.0713 e. The van der Waals surface area contributed by atoms with Crippen molar-refractivity contribution in [3.8, 4) is 0 Å². The number of benzene rings is 1. The van der Waals surface area contributed by atoms with Gasteiger partial charge in [-0.1, -0.05) is 12.1 Å². The summed E-state index contributed by atoms with van der Waals surface area (Å²) in [4.78, 5) is 2.41. The maximum absolute atomic E-state index is 5.16. The Bertz CT molecular complexity index is 359. The van der Waals surface area contributed by atoms with Gasteiger partial charge >= 0.3 is 0 Å². The zero-order valence-corrected chi connectivity index (χ0v) is 11.5. The van der Waals surface area contributed by atoms with Crippen LogP contribution in [0.3, 0.4) is 0 Å². The van der Waals surface area contributed by atoms with Crippen LogP contribution in [-0.4, -0.2) is 38.7 Å². The van der Waals surface area contributed by atoms with E-state index in [4.69, 9.17) is 4.74 Å². The van der Waals surface area contributed by atoms with E-state index >= 15 is 0 Å². The molecule has 3 nitrogen and oxygen atoms in total. The van der Waals surface area contributed by atoms with E-state index in [9.17, 15) is 0 Å². The largest absolute Gasteiger partial charge is 0.385 e. The van der Waals surface area contributed by atoms with Gasteiger partial charge in [-0.2, -0.15) is 0 Å². The predicted molar refractivity (Wildman–Crippen MR) is 75.9 cm³/mol. The molecule has 1 aliphatic heterocycles. The molecule has 2 rings (SSSR count). The number of methoxy groups -OCH3 is 1. The van der Waals surface area contributed by atoms with Crippen molar-refractivity contribution in [3.63, 3.8) is 0 Å². The molecule has 0 saturated carbocycles. The normalized spacial score (nSPS) is 17.9. The van der Waals surface area contributed by atoms with Gasteiger partial charge < -0.3 is 15.0 Å². The Labute approximate surface area is 110 Å². The van der Waals surface area contributed by atoms with Crippen LogP contribution in [0.4, 0.5) is 5.69 Å². The molecular formula is C15H24N2O. The van der Waals surface area contributed by atoms with Gasteiger partial charge in [0.25, 0.3) is 0 Å². The van der Waals surface area contributed by atoms with Gasteiger partial charge in [0.2, 0.25) is 0 Å². The quantitative estimate of drug-likeness (QED) is 0.867. The van der Waals surface area contributed by atoms with Gasteiger partial charge in [0.1, 0.15) is 0 Å². The van der Waals surface area contributed by atoms with Crippen molar-refractivity contribution in [3.05, 3.63) is 29.8 Å². The molecule has 0 atom stereocenters. The first-order valence-electron chi connectivity index (χ1n) is 6.78. The summed E-state index contributed by atoms with van der Waals surface area (Å²) in [6.07, 6.45) is 2.61. The van der Waals surface area contributed by atoms with Crippen molar-refractivity contribution >= 4 is 5.69 Å². The lowest BCUT2D eigenvalue weighted by atomic mass is 9.97. The zero-order chi connectivity index (χ0) is 12.8. The average Bonchev–Trinajstić information content (AvgIpc) is 2.39. The summed E-state index contributed by atoms with van der Waals surface area (Å²) >= 11 is 0. The van der Waals surface area contributed by atoms with Gasteiger partial charge in [0.15, 0.2) is 0 Å². The number of nitrogens with zero attached hydrogens (tertiary/aromatic N) is 1. The Hall–Kier alpha value is -1.06. The van der Waals surface area contributed by atoms with E-state index in [1.54, 1.807) is 7.11 Å². The van der Waals surface area contributed by atoms with E-state index < -0.39 is 0 Å². The lowest BCUT2D eigenvalue weighted by molar-refractivity contribution is 0.185. The predicted octanol–water partition coefficient (Wildman–Crippen LogP) is 2.59. The SMILES string of the molecule is COCc1cccc(NCC2CCN(C)CC2)c1. The summed E-state index contributed by atoms with van der Waals surface area (Å²) in [5.41, 5.74) is 2.44.